The molecular formula is C7H18N2. The van der Waals surface area contributed by atoms with E-state index >= 15 is 0 Å². The second-order valence-electron chi connectivity index (χ2n) is 2.90. The Morgan fingerprint density at radius 2 is 1.56 bits per heavy atom. The fourth-order valence-corrected chi connectivity index (χ4v) is 1.42. The van der Waals surface area contributed by atoms with Crippen molar-refractivity contribution in [1.82, 2.24) is 11.1 Å². The Hall–Kier alpha value is -0.0800. The molecule has 1 saturated carbocycles. The lowest BCUT2D eigenvalue weighted by Gasteiger charge is -2.17. The summed E-state index contributed by atoms with van der Waals surface area (Å²) < 4.78 is 0. The normalized spacial score (nSPS) is 20.3. The van der Waals surface area contributed by atoms with E-state index in [1.807, 2.05) is 0 Å². The average Bonchev–Trinajstić information content (AvgIpc) is 2.12. The summed E-state index contributed by atoms with van der Waals surface area (Å²) in [6.45, 7) is 0. The van der Waals surface area contributed by atoms with E-state index in [9.17, 15) is 0 Å². The molecule has 0 bridgehead atoms. The van der Waals surface area contributed by atoms with E-state index in [-0.39, 0.29) is 6.15 Å². The van der Waals surface area contributed by atoms with E-state index in [2.05, 4.69) is 19.0 Å². The van der Waals surface area contributed by atoms with Gasteiger partial charge in [0.05, 0.1) is 0 Å². The quantitative estimate of drug-likeness (QED) is 0.586. The lowest BCUT2D eigenvalue weighted by molar-refractivity contribution is 0.299. The van der Waals surface area contributed by atoms with Gasteiger partial charge >= 0.3 is 0 Å². The molecule has 0 spiro atoms. The Kier molecular flexibility index (Phi) is 3.82. The zero-order valence-electron chi connectivity index (χ0n) is 6.56. The van der Waals surface area contributed by atoms with Gasteiger partial charge in [0.25, 0.3) is 0 Å². The second-order valence-corrected chi connectivity index (χ2v) is 2.90. The van der Waals surface area contributed by atoms with E-state index in [0.29, 0.717) is 0 Å². The molecule has 0 aliphatic heterocycles. The molecule has 1 aliphatic rings. The average molecular weight is 130 g/mol. The van der Waals surface area contributed by atoms with Crippen LogP contribution in [0.3, 0.4) is 0 Å². The Bertz CT molecular complexity index is 65.3. The molecule has 1 fully saturated rings. The standard InChI is InChI=1S/C7H15N.H3N/c1-8(2)7-5-3-4-6-7;/h7H,3-6H2,1-2H3;1H3. The van der Waals surface area contributed by atoms with Crippen molar-refractivity contribution in [3.63, 3.8) is 0 Å². The van der Waals surface area contributed by atoms with E-state index in [1.165, 1.54) is 25.7 Å². The molecule has 1 rings (SSSR count). The highest BCUT2D eigenvalue weighted by molar-refractivity contribution is 4.72. The molecule has 56 valence electrons. The Morgan fingerprint density at radius 3 is 1.78 bits per heavy atom. The van der Waals surface area contributed by atoms with Gasteiger partial charge < -0.3 is 11.1 Å². The van der Waals surface area contributed by atoms with Gasteiger partial charge in [0.15, 0.2) is 0 Å². The SMILES string of the molecule is CN(C)C1CCCC1.N. The van der Waals surface area contributed by atoms with Crippen LogP contribution < -0.4 is 6.15 Å². The van der Waals surface area contributed by atoms with Gasteiger partial charge in [-0.15, -0.1) is 0 Å². The van der Waals surface area contributed by atoms with Crippen LogP contribution >= 0.6 is 0 Å². The summed E-state index contributed by atoms with van der Waals surface area (Å²) in [5, 5.41) is 0. The minimum Gasteiger partial charge on any atom is -0.344 e. The topological polar surface area (TPSA) is 38.2 Å². The molecular weight excluding hydrogens is 112 g/mol. The van der Waals surface area contributed by atoms with Crippen LogP contribution in [0.4, 0.5) is 0 Å². The molecule has 0 heterocycles. The fourth-order valence-electron chi connectivity index (χ4n) is 1.42. The molecule has 0 aromatic carbocycles. The van der Waals surface area contributed by atoms with E-state index in [4.69, 9.17) is 0 Å². The van der Waals surface area contributed by atoms with E-state index in [0.717, 1.165) is 6.04 Å². The molecule has 2 nitrogen and oxygen atoms in total. The summed E-state index contributed by atoms with van der Waals surface area (Å²) in [5.41, 5.74) is 0. The molecule has 2 heteroatoms. The summed E-state index contributed by atoms with van der Waals surface area (Å²) in [4.78, 5) is 2.34. The third-order valence-corrected chi connectivity index (χ3v) is 2.05. The summed E-state index contributed by atoms with van der Waals surface area (Å²) in [6.07, 6.45) is 5.74. The third kappa shape index (κ3) is 2.33. The number of hydrogen-bond acceptors (Lipinski definition) is 2. The van der Waals surface area contributed by atoms with Gasteiger partial charge in [0, 0.05) is 6.04 Å². The fraction of sp³-hybridized carbons (Fsp3) is 1.00. The van der Waals surface area contributed by atoms with Crippen molar-refractivity contribution in [3.8, 4) is 0 Å². The first-order valence-electron chi connectivity index (χ1n) is 3.47. The molecule has 0 unspecified atom stereocenters. The van der Waals surface area contributed by atoms with Gasteiger partial charge in [-0.3, -0.25) is 0 Å². The first-order valence-corrected chi connectivity index (χ1v) is 3.47. The van der Waals surface area contributed by atoms with Crippen LogP contribution in [0.15, 0.2) is 0 Å². The highest BCUT2D eigenvalue weighted by Gasteiger charge is 2.15. The molecule has 3 N–H and O–H groups in total. The van der Waals surface area contributed by atoms with Gasteiger partial charge in [0.2, 0.25) is 0 Å². The van der Waals surface area contributed by atoms with Crippen LogP contribution in [0.2, 0.25) is 0 Å². The molecule has 0 aromatic heterocycles. The van der Waals surface area contributed by atoms with Gasteiger partial charge in [0.1, 0.15) is 0 Å². The van der Waals surface area contributed by atoms with Gasteiger partial charge in [-0.2, -0.15) is 0 Å². The molecule has 0 atom stereocenters. The first-order chi connectivity index (χ1) is 3.80. The lowest BCUT2D eigenvalue weighted by atomic mass is 10.2. The van der Waals surface area contributed by atoms with Crippen LogP contribution in [-0.4, -0.2) is 25.0 Å². The smallest absolute Gasteiger partial charge is 0.00891 e. The number of hydrogen-bond donors (Lipinski definition) is 1. The summed E-state index contributed by atoms with van der Waals surface area (Å²) in [6, 6.07) is 0.898. The lowest BCUT2D eigenvalue weighted by Crippen LogP contribution is -2.23. The maximum absolute atomic E-state index is 2.34. The third-order valence-electron chi connectivity index (χ3n) is 2.05. The maximum Gasteiger partial charge on any atom is 0.00891 e. The zero-order valence-corrected chi connectivity index (χ0v) is 6.56. The highest BCUT2D eigenvalue weighted by Crippen LogP contribution is 2.20. The van der Waals surface area contributed by atoms with Gasteiger partial charge in [-0.1, -0.05) is 12.8 Å². The second kappa shape index (κ2) is 3.85. The van der Waals surface area contributed by atoms with Crippen LogP contribution in [0.1, 0.15) is 25.7 Å². The molecule has 0 amide bonds. The van der Waals surface area contributed by atoms with Crippen molar-refractivity contribution in [1.29, 1.82) is 0 Å². The largest absolute Gasteiger partial charge is 0.344 e. The molecule has 0 aromatic rings. The van der Waals surface area contributed by atoms with E-state index < -0.39 is 0 Å². The predicted octanol–water partition coefficient (Wildman–Crippen LogP) is 1.65. The first kappa shape index (κ1) is 8.92. The van der Waals surface area contributed by atoms with Crippen molar-refractivity contribution in [3.05, 3.63) is 0 Å². The Balaban J connectivity index is 0.000000640. The molecule has 0 saturated heterocycles. The summed E-state index contributed by atoms with van der Waals surface area (Å²) >= 11 is 0. The van der Waals surface area contributed by atoms with Crippen LogP contribution in [0.25, 0.3) is 0 Å². The molecule has 1 aliphatic carbocycles. The van der Waals surface area contributed by atoms with Gasteiger partial charge in [-0.25, -0.2) is 0 Å². The van der Waals surface area contributed by atoms with E-state index in [1.54, 1.807) is 0 Å². The monoisotopic (exact) mass is 130 g/mol. The van der Waals surface area contributed by atoms with Crippen LogP contribution in [0.5, 0.6) is 0 Å². The zero-order chi connectivity index (χ0) is 5.98. The minimum absolute atomic E-state index is 0. The number of rotatable bonds is 1. The van der Waals surface area contributed by atoms with Crippen molar-refractivity contribution < 1.29 is 0 Å². The Morgan fingerprint density at radius 1 is 1.11 bits per heavy atom. The highest BCUT2D eigenvalue weighted by atomic mass is 15.1. The molecule has 9 heavy (non-hydrogen) atoms. The van der Waals surface area contributed by atoms with Gasteiger partial charge in [-0.05, 0) is 26.9 Å². The van der Waals surface area contributed by atoms with Crippen molar-refractivity contribution in [2.45, 2.75) is 31.7 Å². The Labute approximate surface area is 57.8 Å². The maximum atomic E-state index is 2.34. The molecule has 0 radical (unpaired) electrons. The summed E-state index contributed by atoms with van der Waals surface area (Å²) in [5.74, 6) is 0. The van der Waals surface area contributed by atoms with Crippen LogP contribution in [-0.2, 0) is 0 Å². The van der Waals surface area contributed by atoms with Crippen LogP contribution in [0, 0.1) is 0 Å². The predicted molar refractivity (Wildman–Crippen MR) is 41.0 cm³/mol. The van der Waals surface area contributed by atoms with Crippen molar-refractivity contribution >= 4 is 0 Å². The van der Waals surface area contributed by atoms with Crippen molar-refractivity contribution in [2.24, 2.45) is 0 Å². The number of nitrogens with zero attached hydrogens (tertiary/aromatic N) is 1. The summed E-state index contributed by atoms with van der Waals surface area (Å²) in [7, 11) is 4.35. The minimum atomic E-state index is 0. The van der Waals surface area contributed by atoms with Crippen molar-refractivity contribution in [2.75, 3.05) is 14.1 Å².